The van der Waals surface area contributed by atoms with Gasteiger partial charge in [0.15, 0.2) is 0 Å². The molecule has 1 aromatic rings. The van der Waals surface area contributed by atoms with Gasteiger partial charge in [-0.25, -0.2) is 0 Å². The maximum absolute atomic E-state index is 12.0. The topological polar surface area (TPSA) is 104 Å². The molecule has 1 saturated carbocycles. The summed E-state index contributed by atoms with van der Waals surface area (Å²) >= 11 is 5.82. The van der Waals surface area contributed by atoms with E-state index in [0.29, 0.717) is 22.9 Å². The second kappa shape index (κ2) is 9.75. The molecule has 1 unspecified atom stereocenters. The van der Waals surface area contributed by atoms with E-state index in [1.807, 2.05) is 0 Å². The number of hydrazine groups is 1. The smallest absolute Gasteiger partial charge is 0.269 e. The summed E-state index contributed by atoms with van der Waals surface area (Å²) in [6, 6.07) is 5.68. The molecule has 0 bridgehead atoms. The fourth-order valence-electron chi connectivity index (χ4n) is 3.15. The van der Waals surface area contributed by atoms with Crippen molar-refractivity contribution in [3.8, 4) is 0 Å². The molecule has 0 heterocycles. The molecule has 5 N–H and O–H groups in total. The molecule has 0 aliphatic heterocycles. The summed E-state index contributed by atoms with van der Waals surface area (Å²) in [5.74, 6) is -0.594. The van der Waals surface area contributed by atoms with Gasteiger partial charge in [-0.3, -0.25) is 20.4 Å². The Morgan fingerprint density at radius 1 is 1.24 bits per heavy atom. The fourth-order valence-corrected chi connectivity index (χ4v) is 3.34. The quantitative estimate of drug-likeness (QED) is 0.578. The van der Waals surface area contributed by atoms with Crippen molar-refractivity contribution in [1.29, 1.82) is 0 Å². The molecule has 0 aromatic heterocycles. The van der Waals surface area contributed by atoms with Crippen LogP contribution < -0.4 is 16.6 Å². The van der Waals surface area contributed by atoms with Gasteiger partial charge in [0.25, 0.3) is 11.8 Å². The van der Waals surface area contributed by atoms with Crippen LogP contribution in [0.5, 0.6) is 0 Å². The average molecular weight is 368 g/mol. The van der Waals surface area contributed by atoms with Crippen LogP contribution in [-0.4, -0.2) is 29.1 Å². The predicted octanol–water partition coefficient (Wildman–Crippen LogP) is 2.15. The number of nitrogens with one attached hydrogen (secondary N) is 2. The Morgan fingerprint density at radius 3 is 2.64 bits per heavy atom. The molecule has 138 valence electrons. The van der Waals surface area contributed by atoms with Crippen LogP contribution in [0, 0.1) is 5.92 Å². The highest BCUT2D eigenvalue weighted by molar-refractivity contribution is 6.30. The molecule has 0 spiro atoms. The molecule has 0 radical (unpaired) electrons. The van der Waals surface area contributed by atoms with Gasteiger partial charge in [0, 0.05) is 16.6 Å². The summed E-state index contributed by atoms with van der Waals surface area (Å²) < 4.78 is 0. The molecular weight excluding hydrogens is 342 g/mol. The normalized spacial score (nSPS) is 17.6. The van der Waals surface area contributed by atoms with Crippen LogP contribution in [-0.2, 0) is 4.79 Å². The lowest BCUT2D eigenvalue weighted by molar-refractivity contribution is -0.131. The number of hydrogen-bond donors (Lipinski definition) is 4. The molecule has 6 nitrogen and oxygen atoms in total. The van der Waals surface area contributed by atoms with Gasteiger partial charge in [0.05, 0.1) is 0 Å². The van der Waals surface area contributed by atoms with Crippen molar-refractivity contribution >= 4 is 23.4 Å². The molecule has 7 heteroatoms. The third-order valence-electron chi connectivity index (χ3n) is 4.69. The highest BCUT2D eigenvalue weighted by Gasteiger charge is 2.24. The Bertz CT molecular complexity index is 591. The van der Waals surface area contributed by atoms with Gasteiger partial charge < -0.3 is 10.8 Å². The summed E-state index contributed by atoms with van der Waals surface area (Å²) in [4.78, 5) is 23.9. The van der Waals surface area contributed by atoms with Gasteiger partial charge in [-0.2, -0.15) is 0 Å². The predicted molar refractivity (Wildman–Crippen MR) is 96.9 cm³/mol. The summed E-state index contributed by atoms with van der Waals surface area (Å²) in [5, 5.41) is 10.5. The molecule has 1 aliphatic carbocycles. The van der Waals surface area contributed by atoms with E-state index in [1.54, 1.807) is 18.2 Å². The van der Waals surface area contributed by atoms with Gasteiger partial charge in [-0.15, -0.1) is 0 Å². The molecule has 1 aliphatic rings. The lowest BCUT2D eigenvalue weighted by atomic mass is 9.85. The first kappa shape index (κ1) is 19.7. The van der Waals surface area contributed by atoms with Crippen molar-refractivity contribution < 1.29 is 14.7 Å². The van der Waals surface area contributed by atoms with E-state index in [9.17, 15) is 14.7 Å². The number of nitrogens with two attached hydrogens (primary N) is 1. The summed E-state index contributed by atoms with van der Waals surface area (Å²) in [6.07, 6.45) is 6.33. The molecule has 2 amide bonds. The first-order chi connectivity index (χ1) is 12.0. The summed E-state index contributed by atoms with van der Waals surface area (Å²) in [5.41, 5.74) is 10.7. The number of halogens is 1. The molecule has 1 aromatic carbocycles. The zero-order valence-electron chi connectivity index (χ0n) is 14.2. The summed E-state index contributed by atoms with van der Waals surface area (Å²) in [6.45, 7) is 0. The van der Waals surface area contributed by atoms with Crippen molar-refractivity contribution in [1.82, 2.24) is 10.9 Å². The third kappa shape index (κ3) is 6.30. The number of aliphatic hydroxyl groups is 1. The molecule has 2 rings (SSSR count). The number of carbonyl (C=O) groups is 2. The monoisotopic (exact) mass is 367 g/mol. The minimum Gasteiger partial charge on any atom is -0.382 e. The third-order valence-corrected chi connectivity index (χ3v) is 4.93. The second-order valence-corrected chi connectivity index (χ2v) is 7.08. The maximum atomic E-state index is 12.0. The van der Waals surface area contributed by atoms with Crippen molar-refractivity contribution in [3.63, 3.8) is 0 Å². The van der Waals surface area contributed by atoms with Crippen LogP contribution in [0.4, 0.5) is 0 Å². The number of amides is 2. The molecule has 0 saturated heterocycles. The van der Waals surface area contributed by atoms with Crippen LogP contribution in [0.3, 0.4) is 0 Å². The lowest BCUT2D eigenvalue weighted by Crippen LogP contribution is -2.52. The van der Waals surface area contributed by atoms with Crippen molar-refractivity contribution in [2.75, 3.05) is 0 Å². The van der Waals surface area contributed by atoms with Gasteiger partial charge >= 0.3 is 0 Å². The zero-order valence-corrected chi connectivity index (χ0v) is 15.0. The van der Waals surface area contributed by atoms with Crippen molar-refractivity contribution in [2.45, 2.75) is 57.1 Å². The van der Waals surface area contributed by atoms with Crippen molar-refractivity contribution in [2.24, 2.45) is 11.7 Å². The minimum absolute atomic E-state index is 0.309. The van der Waals surface area contributed by atoms with E-state index < -0.39 is 24.0 Å². The van der Waals surface area contributed by atoms with E-state index >= 15 is 0 Å². The van der Waals surface area contributed by atoms with E-state index in [2.05, 4.69) is 10.9 Å². The summed E-state index contributed by atoms with van der Waals surface area (Å²) in [7, 11) is 0. The van der Waals surface area contributed by atoms with E-state index in [4.69, 9.17) is 17.3 Å². The Kier molecular flexibility index (Phi) is 7.68. The van der Waals surface area contributed by atoms with Crippen LogP contribution in [0.1, 0.15) is 55.3 Å². The number of benzene rings is 1. The standard InChI is InChI=1S/C18H26ClN3O3/c19-14-8-4-7-13(11-14)17(24)21-22-18(25)16(23)15(20)10-9-12-5-2-1-3-6-12/h4,7-8,11-12,15-16,23H,1-3,5-6,9-10,20H2,(H,21,24)(H,22,25)/t15-,16?/m1/s1. The van der Waals surface area contributed by atoms with E-state index in [-0.39, 0.29) is 0 Å². The SMILES string of the molecule is N[C@H](CCC1CCCCC1)C(O)C(=O)NNC(=O)c1cccc(Cl)c1. The lowest BCUT2D eigenvalue weighted by Gasteiger charge is -2.24. The molecule has 25 heavy (non-hydrogen) atoms. The number of hydrogen-bond acceptors (Lipinski definition) is 4. The minimum atomic E-state index is -1.36. The highest BCUT2D eigenvalue weighted by atomic mass is 35.5. The zero-order chi connectivity index (χ0) is 18.2. The first-order valence-electron chi connectivity index (χ1n) is 8.77. The number of aliphatic hydroxyl groups excluding tert-OH is 1. The van der Waals surface area contributed by atoms with Crippen molar-refractivity contribution in [3.05, 3.63) is 34.9 Å². The van der Waals surface area contributed by atoms with Gasteiger partial charge in [-0.05, 0) is 37.0 Å². The Morgan fingerprint density at radius 2 is 1.96 bits per heavy atom. The van der Waals surface area contributed by atoms with Gasteiger partial charge in [0.1, 0.15) is 6.10 Å². The Balaban J connectivity index is 1.74. The maximum Gasteiger partial charge on any atom is 0.269 e. The first-order valence-corrected chi connectivity index (χ1v) is 9.14. The molecule has 1 fully saturated rings. The van der Waals surface area contributed by atoms with Crippen LogP contribution >= 0.6 is 11.6 Å². The van der Waals surface area contributed by atoms with Gasteiger partial charge in [0.2, 0.25) is 0 Å². The Hall–Kier alpha value is -1.63. The van der Waals surface area contributed by atoms with Crippen LogP contribution in [0.2, 0.25) is 5.02 Å². The number of carbonyl (C=O) groups excluding carboxylic acids is 2. The fraction of sp³-hybridized carbons (Fsp3) is 0.556. The van der Waals surface area contributed by atoms with E-state index in [1.165, 1.54) is 38.2 Å². The Labute approximate surface area is 153 Å². The molecular formula is C18H26ClN3O3. The number of rotatable bonds is 6. The second-order valence-electron chi connectivity index (χ2n) is 6.64. The average Bonchev–Trinajstić information content (AvgIpc) is 2.64. The van der Waals surface area contributed by atoms with E-state index in [0.717, 1.165) is 6.42 Å². The van der Waals surface area contributed by atoms with Gasteiger partial charge in [-0.1, -0.05) is 49.8 Å². The van der Waals surface area contributed by atoms with Crippen LogP contribution in [0.25, 0.3) is 0 Å². The molecule has 2 atom stereocenters. The largest absolute Gasteiger partial charge is 0.382 e. The highest BCUT2D eigenvalue weighted by Crippen LogP contribution is 2.27. The van der Waals surface area contributed by atoms with Crippen LogP contribution in [0.15, 0.2) is 24.3 Å².